The maximum absolute atomic E-state index is 5.28. The molecule has 1 aromatic heterocycles. The van der Waals surface area contributed by atoms with Gasteiger partial charge < -0.3 is 10.1 Å². The molecular formula is C16H22N2O. The number of rotatable bonds is 6. The predicted octanol–water partition coefficient (Wildman–Crippen LogP) is 4.09. The number of hydrogen-bond acceptors (Lipinski definition) is 3. The first-order chi connectivity index (χ1) is 9.20. The summed E-state index contributed by atoms with van der Waals surface area (Å²) in [6, 6.07) is 8.10. The van der Waals surface area contributed by atoms with E-state index in [4.69, 9.17) is 4.74 Å². The highest BCUT2D eigenvalue weighted by atomic mass is 16.5. The van der Waals surface area contributed by atoms with Gasteiger partial charge in [-0.25, -0.2) is 4.98 Å². The third-order valence-corrected chi connectivity index (χ3v) is 3.22. The lowest BCUT2D eigenvalue weighted by Gasteiger charge is -2.10. The quantitative estimate of drug-likeness (QED) is 0.792. The van der Waals surface area contributed by atoms with E-state index in [1.165, 1.54) is 18.2 Å². The fourth-order valence-corrected chi connectivity index (χ4v) is 2.13. The Labute approximate surface area is 115 Å². The minimum atomic E-state index is 0.752. The number of nitrogens with one attached hydrogen (secondary N) is 1. The largest absolute Gasteiger partial charge is 0.497 e. The lowest BCUT2D eigenvalue weighted by molar-refractivity contribution is 0.415. The molecule has 2 aromatic rings. The minimum Gasteiger partial charge on any atom is -0.497 e. The molecule has 2 rings (SSSR count). The molecule has 0 spiro atoms. The number of aromatic nitrogens is 1. The summed E-state index contributed by atoms with van der Waals surface area (Å²) in [5.41, 5.74) is 0. The predicted molar refractivity (Wildman–Crippen MR) is 80.9 cm³/mol. The van der Waals surface area contributed by atoms with Gasteiger partial charge in [-0.05, 0) is 42.3 Å². The molecule has 0 aliphatic rings. The molecule has 0 fully saturated rings. The van der Waals surface area contributed by atoms with Crippen LogP contribution in [0.25, 0.3) is 10.8 Å². The van der Waals surface area contributed by atoms with Crippen molar-refractivity contribution in [3.63, 3.8) is 0 Å². The normalized spacial score (nSPS) is 10.9. The van der Waals surface area contributed by atoms with Gasteiger partial charge in [-0.3, -0.25) is 0 Å². The van der Waals surface area contributed by atoms with E-state index in [1.54, 1.807) is 7.11 Å². The zero-order valence-corrected chi connectivity index (χ0v) is 11.9. The Balaban J connectivity index is 2.13. The maximum Gasteiger partial charge on any atom is 0.133 e. The molecule has 0 atom stereocenters. The van der Waals surface area contributed by atoms with Crippen molar-refractivity contribution in [1.82, 2.24) is 4.98 Å². The van der Waals surface area contributed by atoms with Crippen molar-refractivity contribution < 1.29 is 4.74 Å². The summed E-state index contributed by atoms with van der Waals surface area (Å²) in [5.74, 6) is 2.56. The number of fused-ring (bicyclic) bond motifs is 1. The number of ether oxygens (including phenoxy) is 1. The van der Waals surface area contributed by atoms with Crippen LogP contribution >= 0.6 is 0 Å². The van der Waals surface area contributed by atoms with Crippen LogP contribution in [0.2, 0.25) is 0 Å². The molecule has 1 N–H and O–H groups in total. The van der Waals surface area contributed by atoms with E-state index in [1.807, 2.05) is 24.4 Å². The van der Waals surface area contributed by atoms with Crippen LogP contribution in [0.3, 0.4) is 0 Å². The first kappa shape index (κ1) is 13.7. The third-order valence-electron chi connectivity index (χ3n) is 3.22. The van der Waals surface area contributed by atoms with E-state index in [2.05, 4.69) is 30.2 Å². The van der Waals surface area contributed by atoms with Crippen molar-refractivity contribution >= 4 is 16.6 Å². The Morgan fingerprint density at radius 2 is 2.11 bits per heavy atom. The van der Waals surface area contributed by atoms with Crippen molar-refractivity contribution in [2.45, 2.75) is 26.7 Å². The first-order valence-electron chi connectivity index (χ1n) is 6.87. The summed E-state index contributed by atoms with van der Waals surface area (Å²) in [5, 5.41) is 5.73. The SMILES string of the molecule is COc1ccc2ccnc(NCCCC(C)C)c2c1. The number of nitrogens with zero attached hydrogens (tertiary/aromatic N) is 1. The zero-order chi connectivity index (χ0) is 13.7. The fraction of sp³-hybridized carbons (Fsp3) is 0.438. The average molecular weight is 258 g/mol. The average Bonchev–Trinajstić information content (AvgIpc) is 2.43. The first-order valence-corrected chi connectivity index (χ1v) is 6.87. The van der Waals surface area contributed by atoms with Crippen LogP contribution in [0, 0.1) is 5.92 Å². The summed E-state index contributed by atoms with van der Waals surface area (Å²) < 4.78 is 5.28. The molecule has 0 radical (unpaired) electrons. The van der Waals surface area contributed by atoms with E-state index in [9.17, 15) is 0 Å². The monoisotopic (exact) mass is 258 g/mol. The molecule has 0 amide bonds. The maximum atomic E-state index is 5.28. The Morgan fingerprint density at radius 1 is 1.26 bits per heavy atom. The highest BCUT2D eigenvalue weighted by Gasteiger charge is 2.03. The van der Waals surface area contributed by atoms with Crippen LogP contribution < -0.4 is 10.1 Å². The summed E-state index contributed by atoms with van der Waals surface area (Å²) in [6.45, 7) is 5.46. The number of benzene rings is 1. The van der Waals surface area contributed by atoms with Crippen LogP contribution in [-0.2, 0) is 0 Å². The van der Waals surface area contributed by atoms with Gasteiger partial charge in [0.15, 0.2) is 0 Å². The Morgan fingerprint density at radius 3 is 2.84 bits per heavy atom. The van der Waals surface area contributed by atoms with E-state index in [-0.39, 0.29) is 0 Å². The molecule has 0 saturated heterocycles. The van der Waals surface area contributed by atoms with Gasteiger partial charge in [0.05, 0.1) is 7.11 Å². The Hall–Kier alpha value is -1.77. The topological polar surface area (TPSA) is 34.1 Å². The molecule has 1 aromatic carbocycles. The van der Waals surface area contributed by atoms with E-state index in [0.717, 1.165) is 29.4 Å². The molecular weight excluding hydrogens is 236 g/mol. The van der Waals surface area contributed by atoms with Crippen molar-refractivity contribution in [2.24, 2.45) is 5.92 Å². The van der Waals surface area contributed by atoms with Crippen LogP contribution in [0.1, 0.15) is 26.7 Å². The number of pyridine rings is 1. The Kier molecular flexibility index (Phi) is 4.61. The van der Waals surface area contributed by atoms with Gasteiger partial charge in [0.25, 0.3) is 0 Å². The lowest BCUT2D eigenvalue weighted by Crippen LogP contribution is -2.05. The van der Waals surface area contributed by atoms with Gasteiger partial charge in [0.2, 0.25) is 0 Å². The third kappa shape index (κ3) is 3.60. The zero-order valence-electron chi connectivity index (χ0n) is 11.9. The molecule has 0 unspecified atom stereocenters. The smallest absolute Gasteiger partial charge is 0.133 e. The summed E-state index contributed by atoms with van der Waals surface area (Å²) >= 11 is 0. The Bertz CT molecular complexity index is 537. The van der Waals surface area contributed by atoms with Crippen molar-refractivity contribution in [3.05, 3.63) is 30.5 Å². The highest BCUT2D eigenvalue weighted by Crippen LogP contribution is 2.25. The molecule has 102 valence electrons. The van der Waals surface area contributed by atoms with Gasteiger partial charge in [-0.2, -0.15) is 0 Å². The van der Waals surface area contributed by atoms with E-state index < -0.39 is 0 Å². The highest BCUT2D eigenvalue weighted by molar-refractivity contribution is 5.92. The molecule has 0 aliphatic heterocycles. The lowest BCUT2D eigenvalue weighted by atomic mass is 10.1. The minimum absolute atomic E-state index is 0.752. The molecule has 3 nitrogen and oxygen atoms in total. The summed E-state index contributed by atoms with van der Waals surface area (Å²) in [6.07, 6.45) is 4.25. The molecule has 0 bridgehead atoms. The standard InChI is InChI=1S/C16H22N2O/c1-12(2)5-4-9-17-16-15-11-14(19-3)7-6-13(15)8-10-18-16/h6-8,10-12H,4-5,9H2,1-3H3,(H,17,18). The number of methoxy groups -OCH3 is 1. The van der Waals surface area contributed by atoms with Crippen molar-refractivity contribution in [3.8, 4) is 5.75 Å². The molecule has 3 heteroatoms. The van der Waals surface area contributed by atoms with E-state index >= 15 is 0 Å². The fourth-order valence-electron chi connectivity index (χ4n) is 2.13. The van der Waals surface area contributed by atoms with E-state index in [0.29, 0.717) is 0 Å². The molecule has 1 heterocycles. The van der Waals surface area contributed by atoms with Crippen LogP contribution in [0.5, 0.6) is 5.75 Å². The second kappa shape index (κ2) is 6.41. The molecule has 0 saturated carbocycles. The summed E-state index contributed by atoms with van der Waals surface area (Å²) in [4.78, 5) is 4.43. The number of hydrogen-bond donors (Lipinski definition) is 1. The molecule has 0 aliphatic carbocycles. The van der Waals surface area contributed by atoms with Gasteiger partial charge in [0, 0.05) is 18.1 Å². The molecule has 19 heavy (non-hydrogen) atoms. The van der Waals surface area contributed by atoms with Crippen molar-refractivity contribution in [2.75, 3.05) is 19.0 Å². The van der Waals surface area contributed by atoms with Crippen LogP contribution in [-0.4, -0.2) is 18.6 Å². The van der Waals surface area contributed by atoms with Crippen LogP contribution in [0.15, 0.2) is 30.5 Å². The van der Waals surface area contributed by atoms with Crippen LogP contribution in [0.4, 0.5) is 5.82 Å². The van der Waals surface area contributed by atoms with Gasteiger partial charge in [0.1, 0.15) is 11.6 Å². The van der Waals surface area contributed by atoms with Gasteiger partial charge in [-0.1, -0.05) is 19.9 Å². The second-order valence-electron chi connectivity index (χ2n) is 5.21. The van der Waals surface area contributed by atoms with Crippen molar-refractivity contribution in [1.29, 1.82) is 0 Å². The van der Waals surface area contributed by atoms with Gasteiger partial charge >= 0.3 is 0 Å². The van der Waals surface area contributed by atoms with Gasteiger partial charge in [-0.15, -0.1) is 0 Å². The second-order valence-corrected chi connectivity index (χ2v) is 5.21. The number of anilines is 1. The summed E-state index contributed by atoms with van der Waals surface area (Å²) in [7, 11) is 1.69.